The number of piperidine rings is 1. The van der Waals surface area contributed by atoms with Crippen molar-refractivity contribution in [2.75, 3.05) is 31.2 Å². The number of nitrogens with one attached hydrogen (secondary N) is 2. The summed E-state index contributed by atoms with van der Waals surface area (Å²) >= 11 is 6.10. The number of amides is 3. The van der Waals surface area contributed by atoms with E-state index in [0.717, 1.165) is 42.5 Å². The van der Waals surface area contributed by atoms with Crippen LogP contribution in [0, 0.1) is 0 Å². The molecule has 13 heteroatoms. The van der Waals surface area contributed by atoms with Crippen LogP contribution in [0.25, 0.3) is 0 Å². The molecule has 2 heterocycles. The largest absolute Gasteiger partial charge is 0.352 e. The quantitative estimate of drug-likeness (QED) is 0.273. The third-order valence-corrected chi connectivity index (χ3v) is 11.9. The molecule has 0 radical (unpaired) electrons. The number of benzene rings is 3. The third kappa shape index (κ3) is 7.99. The van der Waals surface area contributed by atoms with Crippen LogP contribution in [0.3, 0.4) is 0 Å². The first-order valence-electron chi connectivity index (χ1n) is 17.3. The highest BCUT2D eigenvalue weighted by molar-refractivity contribution is 7.89. The van der Waals surface area contributed by atoms with Crippen molar-refractivity contribution in [1.29, 1.82) is 0 Å². The Kier molecular flexibility index (Phi) is 11.1. The molecule has 6 rings (SSSR count). The Morgan fingerprint density at radius 3 is 2.18 bits per heavy atom. The van der Waals surface area contributed by atoms with Gasteiger partial charge in [0.05, 0.1) is 11.6 Å². The molecule has 266 valence electrons. The number of nitrogens with two attached hydrogens (primary N) is 1. The molecule has 1 atom stereocenters. The van der Waals surface area contributed by atoms with Gasteiger partial charge in [-0.2, -0.15) is 4.72 Å². The second-order valence-corrected chi connectivity index (χ2v) is 15.7. The van der Waals surface area contributed by atoms with Gasteiger partial charge in [-0.1, -0.05) is 73.3 Å². The zero-order valence-corrected chi connectivity index (χ0v) is 29.7. The standard InChI is InChI=1S/C37H45ClN6O5S/c38-29-15-11-27(12-16-29)23-33(41-50(48,49)32-17-13-28(24-39)14-18-32)35(46)42-21-19-37(20-22-42)36(47)43(26-44(37)31-9-5-2-6-10-31)25-34(45)40-30-7-3-1-4-8-30/h2,5-6,9-18,30,33,41H,1,3-4,7-8,19-26,39H2,(H,40,45)/t33-/m1/s1. The number of anilines is 1. The van der Waals surface area contributed by atoms with E-state index in [4.69, 9.17) is 17.3 Å². The lowest BCUT2D eigenvalue weighted by atomic mass is 9.85. The molecule has 3 aliphatic rings. The minimum Gasteiger partial charge on any atom is -0.352 e. The van der Waals surface area contributed by atoms with Crippen molar-refractivity contribution in [2.24, 2.45) is 5.73 Å². The first-order valence-corrected chi connectivity index (χ1v) is 19.2. The summed E-state index contributed by atoms with van der Waals surface area (Å²) in [6.45, 7) is 0.981. The van der Waals surface area contributed by atoms with Crippen LogP contribution in [-0.2, 0) is 37.4 Å². The summed E-state index contributed by atoms with van der Waals surface area (Å²) in [7, 11) is -4.07. The van der Waals surface area contributed by atoms with Crippen LogP contribution < -0.4 is 20.7 Å². The van der Waals surface area contributed by atoms with Gasteiger partial charge in [-0.05, 0) is 79.6 Å². The van der Waals surface area contributed by atoms with Gasteiger partial charge in [0.2, 0.25) is 21.8 Å². The van der Waals surface area contributed by atoms with Crippen LogP contribution in [-0.4, -0.2) is 79.9 Å². The van der Waals surface area contributed by atoms with Gasteiger partial charge >= 0.3 is 0 Å². The first-order chi connectivity index (χ1) is 24.1. The minimum atomic E-state index is -4.07. The van der Waals surface area contributed by atoms with Crippen molar-refractivity contribution >= 4 is 45.0 Å². The lowest BCUT2D eigenvalue weighted by molar-refractivity contribution is -0.140. The van der Waals surface area contributed by atoms with E-state index >= 15 is 0 Å². The molecule has 3 fully saturated rings. The van der Waals surface area contributed by atoms with Gasteiger partial charge in [-0.3, -0.25) is 14.4 Å². The van der Waals surface area contributed by atoms with E-state index in [9.17, 15) is 22.8 Å². The van der Waals surface area contributed by atoms with E-state index in [1.54, 1.807) is 46.2 Å². The zero-order chi connectivity index (χ0) is 35.3. The molecule has 3 aromatic carbocycles. The molecule has 0 aromatic heterocycles. The molecule has 1 aliphatic carbocycles. The molecule has 2 aliphatic heterocycles. The summed E-state index contributed by atoms with van der Waals surface area (Å²) in [6.07, 6.45) is 6.05. The fourth-order valence-electron chi connectivity index (χ4n) is 7.43. The second kappa shape index (κ2) is 15.5. The maximum atomic E-state index is 14.3. The molecule has 2 saturated heterocycles. The first kappa shape index (κ1) is 35.8. The van der Waals surface area contributed by atoms with Crippen molar-refractivity contribution in [3.8, 4) is 0 Å². The number of likely N-dealkylation sites (tertiary alicyclic amines) is 1. The number of carbonyl (C=O) groups excluding carboxylic acids is 3. The van der Waals surface area contributed by atoms with E-state index in [-0.39, 0.29) is 67.9 Å². The van der Waals surface area contributed by atoms with Crippen LogP contribution >= 0.6 is 11.6 Å². The Bertz CT molecular complexity index is 1760. The van der Waals surface area contributed by atoms with Crippen LogP contribution in [0.1, 0.15) is 56.1 Å². The smallest absolute Gasteiger partial charge is 0.250 e. The second-order valence-electron chi connectivity index (χ2n) is 13.5. The Morgan fingerprint density at radius 1 is 0.900 bits per heavy atom. The summed E-state index contributed by atoms with van der Waals surface area (Å²) in [6, 6.07) is 21.9. The van der Waals surface area contributed by atoms with Crippen LogP contribution in [0.15, 0.2) is 83.8 Å². The number of rotatable bonds is 11. The topological polar surface area (TPSA) is 145 Å². The van der Waals surface area contributed by atoms with Crippen molar-refractivity contribution in [3.63, 3.8) is 0 Å². The van der Waals surface area contributed by atoms with Crippen molar-refractivity contribution < 1.29 is 22.8 Å². The Labute approximate surface area is 299 Å². The van der Waals surface area contributed by atoms with E-state index < -0.39 is 21.6 Å². The van der Waals surface area contributed by atoms with E-state index in [1.165, 1.54) is 18.6 Å². The van der Waals surface area contributed by atoms with Gasteiger partial charge in [-0.25, -0.2) is 8.42 Å². The molecule has 0 bridgehead atoms. The van der Waals surface area contributed by atoms with E-state index in [0.29, 0.717) is 17.9 Å². The van der Waals surface area contributed by atoms with Crippen LogP contribution in [0.5, 0.6) is 0 Å². The van der Waals surface area contributed by atoms with E-state index in [1.807, 2.05) is 30.3 Å². The average Bonchev–Trinajstić information content (AvgIpc) is 3.39. The number of sulfonamides is 1. The molecule has 11 nitrogen and oxygen atoms in total. The summed E-state index contributed by atoms with van der Waals surface area (Å²) in [5.41, 5.74) is 7.14. The molecule has 50 heavy (non-hydrogen) atoms. The predicted molar refractivity (Wildman–Crippen MR) is 193 cm³/mol. The number of hydrogen-bond donors (Lipinski definition) is 3. The molecule has 3 amide bonds. The Hall–Kier alpha value is -3.97. The highest BCUT2D eigenvalue weighted by Gasteiger charge is 2.54. The minimum absolute atomic E-state index is 0.0275. The summed E-state index contributed by atoms with van der Waals surface area (Å²) in [5, 5.41) is 3.66. The van der Waals surface area contributed by atoms with Gasteiger partial charge in [0.15, 0.2) is 0 Å². The number of carbonyl (C=O) groups is 3. The number of nitrogens with zero attached hydrogens (tertiary/aromatic N) is 3. The molecule has 4 N–H and O–H groups in total. The molecule has 1 spiro atoms. The molecule has 1 saturated carbocycles. The molecule has 3 aromatic rings. The van der Waals surface area contributed by atoms with Crippen molar-refractivity contribution in [2.45, 2.75) is 80.4 Å². The number of halogens is 1. The van der Waals surface area contributed by atoms with Gasteiger partial charge in [0.25, 0.3) is 5.91 Å². The zero-order valence-electron chi connectivity index (χ0n) is 28.1. The summed E-state index contributed by atoms with van der Waals surface area (Å²) < 4.78 is 29.8. The Balaban J connectivity index is 1.20. The van der Waals surface area contributed by atoms with Crippen molar-refractivity contribution in [3.05, 3.63) is 95.0 Å². The lowest BCUT2D eigenvalue weighted by Crippen LogP contribution is -2.59. The van der Waals surface area contributed by atoms with Crippen LogP contribution in [0.2, 0.25) is 5.02 Å². The number of para-hydroxylation sites is 1. The van der Waals surface area contributed by atoms with Gasteiger partial charge in [0, 0.05) is 36.4 Å². The van der Waals surface area contributed by atoms with Gasteiger partial charge in [0.1, 0.15) is 18.1 Å². The average molecular weight is 721 g/mol. The predicted octanol–water partition coefficient (Wildman–Crippen LogP) is 3.80. The molecular formula is C37H45ClN6O5S. The van der Waals surface area contributed by atoms with Gasteiger partial charge in [-0.15, -0.1) is 0 Å². The SMILES string of the molecule is NCc1ccc(S(=O)(=O)N[C@H](Cc2ccc(Cl)cc2)C(=O)N2CCC3(CC2)C(=O)N(CC(=O)NC2CCCCC2)CN3c2ccccc2)cc1. The number of hydrogen-bond acceptors (Lipinski definition) is 7. The molecular weight excluding hydrogens is 676 g/mol. The van der Waals surface area contributed by atoms with Crippen molar-refractivity contribution in [1.82, 2.24) is 19.8 Å². The molecule has 0 unspecified atom stereocenters. The van der Waals surface area contributed by atoms with Gasteiger partial charge < -0.3 is 25.8 Å². The maximum absolute atomic E-state index is 14.3. The third-order valence-electron chi connectivity index (χ3n) is 10.2. The Morgan fingerprint density at radius 2 is 1.54 bits per heavy atom. The fraction of sp³-hybridized carbons (Fsp3) is 0.432. The normalized spacial score (nSPS) is 18.8. The summed E-state index contributed by atoms with van der Waals surface area (Å²) in [5.74, 6) is -0.665. The fourth-order valence-corrected chi connectivity index (χ4v) is 8.74. The highest BCUT2D eigenvalue weighted by atomic mass is 35.5. The lowest BCUT2D eigenvalue weighted by Gasteiger charge is -2.44. The highest BCUT2D eigenvalue weighted by Crippen LogP contribution is 2.39. The monoisotopic (exact) mass is 720 g/mol. The van der Waals surface area contributed by atoms with E-state index in [2.05, 4.69) is 14.9 Å². The maximum Gasteiger partial charge on any atom is 0.250 e. The van der Waals surface area contributed by atoms with Crippen LogP contribution in [0.4, 0.5) is 5.69 Å². The summed E-state index contributed by atoms with van der Waals surface area (Å²) in [4.78, 5) is 46.9.